The van der Waals surface area contributed by atoms with Gasteiger partial charge in [-0.3, -0.25) is 0 Å². The third-order valence-electron chi connectivity index (χ3n) is 7.30. The van der Waals surface area contributed by atoms with E-state index in [1.807, 2.05) is 0 Å². The lowest BCUT2D eigenvalue weighted by molar-refractivity contribution is -0.487. The summed E-state index contributed by atoms with van der Waals surface area (Å²) in [6.07, 6.45) is 8.15. The van der Waals surface area contributed by atoms with Gasteiger partial charge in [0.1, 0.15) is 13.6 Å². The Morgan fingerprint density at radius 1 is 0.926 bits per heavy atom. The van der Waals surface area contributed by atoms with Gasteiger partial charge in [0.25, 0.3) is 0 Å². The monoisotopic (exact) mass is 365 g/mol. The van der Waals surface area contributed by atoms with E-state index in [9.17, 15) is 0 Å². The number of anilines is 1. The summed E-state index contributed by atoms with van der Waals surface area (Å²) in [4.78, 5) is 2.42. The van der Waals surface area contributed by atoms with Crippen LogP contribution in [0, 0.1) is 33.1 Å². The van der Waals surface area contributed by atoms with E-state index >= 15 is 0 Å². The summed E-state index contributed by atoms with van der Waals surface area (Å²) in [5.74, 6) is 0. The minimum atomic E-state index is 0.0174. The van der Waals surface area contributed by atoms with Gasteiger partial charge in [-0.05, 0) is 75.4 Å². The average molecular weight is 366 g/mol. The number of hydrogen-bond donors (Lipinski definition) is 0. The molecule has 0 atom stereocenters. The molecule has 2 aliphatic rings. The summed E-state index contributed by atoms with van der Waals surface area (Å²) in [5, 5.41) is 0. The number of nitrogens with zero attached hydrogens (tertiary/aromatic N) is 2. The van der Waals surface area contributed by atoms with Crippen molar-refractivity contribution in [3.63, 3.8) is 0 Å². The molecule has 0 amide bonds. The van der Waals surface area contributed by atoms with Crippen LogP contribution in [0.4, 0.5) is 5.69 Å². The summed E-state index contributed by atoms with van der Waals surface area (Å²) in [6.45, 7) is 19.7. The van der Waals surface area contributed by atoms with Crippen molar-refractivity contribution in [3.8, 4) is 0 Å². The molecule has 0 aromatic heterocycles. The van der Waals surface area contributed by atoms with Crippen LogP contribution in [-0.4, -0.2) is 30.9 Å². The van der Waals surface area contributed by atoms with Crippen molar-refractivity contribution in [2.75, 3.05) is 25.5 Å². The van der Waals surface area contributed by atoms with Gasteiger partial charge in [-0.25, -0.2) is 4.58 Å². The van der Waals surface area contributed by atoms with Crippen molar-refractivity contribution in [1.82, 2.24) is 0 Å². The van der Waals surface area contributed by atoms with Crippen molar-refractivity contribution >= 4 is 11.4 Å². The van der Waals surface area contributed by atoms with E-state index in [1.165, 1.54) is 51.3 Å². The number of hydrogen-bond acceptors (Lipinski definition) is 1. The molecule has 0 N–H and O–H groups in total. The molecule has 0 spiro atoms. The van der Waals surface area contributed by atoms with Crippen molar-refractivity contribution < 1.29 is 4.58 Å². The maximum absolute atomic E-state index is 2.42. The second kappa shape index (κ2) is 6.36. The fourth-order valence-electron chi connectivity index (χ4n) is 5.26. The Morgan fingerprint density at radius 2 is 1.52 bits per heavy atom. The standard InChI is InChI=1S/C25H37N2/c1-16-17(2)19(4)23-22(18(16)3)25(7,8)21(27(23)10)13-11-12-20-24(5,6)14-15-26(20)9/h11-13H,14-15H2,1-10H3/q+1. The lowest BCUT2D eigenvalue weighted by Gasteiger charge is -2.25. The van der Waals surface area contributed by atoms with Crippen molar-refractivity contribution in [3.05, 3.63) is 51.7 Å². The van der Waals surface area contributed by atoms with Gasteiger partial charge in [-0.15, -0.1) is 0 Å². The summed E-state index contributed by atoms with van der Waals surface area (Å²) in [6, 6.07) is 0. The normalized spacial score (nSPS) is 22.4. The molecule has 2 heteroatoms. The summed E-state index contributed by atoms with van der Waals surface area (Å²) in [5.41, 5.74) is 11.7. The van der Waals surface area contributed by atoms with Gasteiger partial charge in [-0.1, -0.05) is 19.9 Å². The van der Waals surface area contributed by atoms with Crippen LogP contribution in [0.3, 0.4) is 0 Å². The smallest absolute Gasteiger partial charge is 0.181 e. The number of benzene rings is 1. The fraction of sp³-hybridized carbons (Fsp3) is 0.560. The molecule has 0 saturated carbocycles. The zero-order valence-electron chi connectivity index (χ0n) is 19.0. The van der Waals surface area contributed by atoms with Crippen LogP contribution in [0.15, 0.2) is 23.9 Å². The van der Waals surface area contributed by atoms with E-state index in [0.29, 0.717) is 0 Å². The molecule has 0 aliphatic carbocycles. The van der Waals surface area contributed by atoms with E-state index in [0.717, 1.165) is 6.54 Å². The molecule has 0 fully saturated rings. The highest BCUT2D eigenvalue weighted by molar-refractivity contribution is 5.96. The van der Waals surface area contributed by atoms with Gasteiger partial charge in [0, 0.05) is 36.3 Å². The van der Waals surface area contributed by atoms with Crippen molar-refractivity contribution in [2.45, 2.75) is 67.2 Å². The average Bonchev–Trinajstić information content (AvgIpc) is 2.95. The first-order valence-electron chi connectivity index (χ1n) is 10.2. The first-order chi connectivity index (χ1) is 12.4. The molecule has 0 saturated heterocycles. The summed E-state index contributed by atoms with van der Waals surface area (Å²) < 4.78 is 2.40. The number of allylic oxidation sites excluding steroid dienone is 4. The highest BCUT2D eigenvalue weighted by atomic mass is 15.2. The third kappa shape index (κ3) is 2.88. The van der Waals surface area contributed by atoms with Gasteiger partial charge >= 0.3 is 0 Å². The second-order valence-corrected chi connectivity index (χ2v) is 9.76. The van der Waals surface area contributed by atoms with Crippen LogP contribution in [0.25, 0.3) is 0 Å². The van der Waals surface area contributed by atoms with Crippen LogP contribution in [0.5, 0.6) is 0 Å². The Morgan fingerprint density at radius 3 is 2.07 bits per heavy atom. The minimum absolute atomic E-state index is 0.0174. The molecule has 2 aliphatic heterocycles. The summed E-state index contributed by atoms with van der Waals surface area (Å²) in [7, 11) is 4.44. The van der Waals surface area contributed by atoms with Crippen LogP contribution < -0.4 is 4.90 Å². The first kappa shape index (κ1) is 19.9. The Balaban J connectivity index is 2.07. The van der Waals surface area contributed by atoms with E-state index < -0.39 is 0 Å². The molecule has 2 heterocycles. The Kier molecular flexibility index (Phi) is 4.69. The molecule has 1 aromatic carbocycles. The van der Waals surface area contributed by atoms with E-state index in [2.05, 4.69) is 97.2 Å². The van der Waals surface area contributed by atoms with Gasteiger partial charge in [-0.2, -0.15) is 0 Å². The summed E-state index contributed by atoms with van der Waals surface area (Å²) >= 11 is 0. The van der Waals surface area contributed by atoms with Crippen LogP contribution in [0.2, 0.25) is 0 Å². The Labute approximate surface area is 166 Å². The van der Waals surface area contributed by atoms with Gasteiger partial charge in [0.2, 0.25) is 0 Å². The van der Waals surface area contributed by atoms with Crippen LogP contribution in [-0.2, 0) is 5.41 Å². The number of rotatable bonds is 2. The molecule has 2 nitrogen and oxygen atoms in total. The minimum Gasteiger partial charge on any atom is -0.347 e. The Bertz CT molecular complexity index is 892. The number of fused-ring (bicyclic) bond motifs is 1. The molecule has 3 rings (SSSR count). The van der Waals surface area contributed by atoms with E-state index in [1.54, 1.807) is 0 Å². The quantitative estimate of drug-likeness (QED) is 0.618. The molecule has 0 bridgehead atoms. The highest BCUT2D eigenvalue weighted by Crippen LogP contribution is 2.51. The fourth-order valence-corrected chi connectivity index (χ4v) is 5.26. The molecule has 146 valence electrons. The van der Waals surface area contributed by atoms with Gasteiger partial charge in [0.15, 0.2) is 5.71 Å². The lowest BCUT2D eigenvalue weighted by Crippen LogP contribution is -2.23. The second-order valence-electron chi connectivity index (χ2n) is 9.76. The van der Waals surface area contributed by atoms with Crippen LogP contribution in [0.1, 0.15) is 61.9 Å². The van der Waals surface area contributed by atoms with Crippen molar-refractivity contribution in [2.24, 2.45) is 5.41 Å². The number of likely N-dealkylation sites (N-methyl/N-ethyl adjacent to an activating group) is 1. The molecule has 1 aromatic rings. The SMILES string of the molecule is Cc1c(C)c(C)c2c(c1C)N(C)C(=CC=CC1=[N+](C)CCC1(C)C)C2(C)C. The third-order valence-corrected chi connectivity index (χ3v) is 7.30. The molecule has 27 heavy (non-hydrogen) atoms. The highest BCUT2D eigenvalue weighted by Gasteiger charge is 2.41. The van der Waals surface area contributed by atoms with Crippen LogP contribution >= 0.6 is 0 Å². The zero-order valence-corrected chi connectivity index (χ0v) is 19.0. The van der Waals surface area contributed by atoms with Gasteiger partial charge < -0.3 is 4.90 Å². The van der Waals surface area contributed by atoms with Crippen molar-refractivity contribution in [1.29, 1.82) is 0 Å². The topological polar surface area (TPSA) is 6.25 Å². The predicted octanol–water partition coefficient (Wildman–Crippen LogP) is 5.60. The Hall–Kier alpha value is -1.83. The molecule has 0 unspecified atom stereocenters. The maximum atomic E-state index is 2.42. The maximum Gasteiger partial charge on any atom is 0.181 e. The zero-order chi connectivity index (χ0) is 20.3. The van der Waals surface area contributed by atoms with E-state index in [4.69, 9.17) is 0 Å². The van der Waals surface area contributed by atoms with E-state index in [-0.39, 0.29) is 10.8 Å². The lowest BCUT2D eigenvalue weighted by atomic mass is 9.78. The molecular formula is C25H37N2+. The molecular weight excluding hydrogens is 328 g/mol. The largest absolute Gasteiger partial charge is 0.347 e. The predicted molar refractivity (Wildman–Crippen MR) is 118 cm³/mol. The van der Waals surface area contributed by atoms with Gasteiger partial charge in [0.05, 0.1) is 5.41 Å². The first-order valence-corrected chi connectivity index (χ1v) is 10.2. The molecule has 0 radical (unpaired) electrons.